The molecular formula is C21H23F2N5O2. The Bertz CT molecular complexity index is 1010. The van der Waals surface area contributed by atoms with Crippen molar-refractivity contribution in [2.24, 2.45) is 22.6 Å². The van der Waals surface area contributed by atoms with E-state index in [-0.39, 0.29) is 11.5 Å². The fraction of sp³-hybridized carbons (Fsp3) is 0.381. The Morgan fingerprint density at radius 1 is 1.17 bits per heavy atom. The third-order valence-corrected chi connectivity index (χ3v) is 5.97. The summed E-state index contributed by atoms with van der Waals surface area (Å²) < 4.78 is 35.2. The molecule has 9 heteroatoms. The number of anilines is 1. The summed E-state index contributed by atoms with van der Waals surface area (Å²) in [5.74, 6) is 1.76. The normalized spacial score (nSPS) is 25.4. The summed E-state index contributed by atoms with van der Waals surface area (Å²) in [4.78, 5) is 7.39. The smallest absolute Gasteiger partial charge is 0.400 e. The Balaban J connectivity index is 1.17. The second kappa shape index (κ2) is 7.23. The van der Waals surface area contributed by atoms with Crippen molar-refractivity contribution in [2.45, 2.75) is 32.0 Å². The molecule has 0 radical (unpaired) electrons. The fourth-order valence-corrected chi connectivity index (χ4v) is 4.35. The summed E-state index contributed by atoms with van der Waals surface area (Å²) in [5.41, 5.74) is 10.1. The molecule has 2 aliphatic heterocycles. The van der Waals surface area contributed by atoms with Gasteiger partial charge in [-0.05, 0) is 49.8 Å². The van der Waals surface area contributed by atoms with Crippen molar-refractivity contribution in [3.8, 4) is 11.5 Å². The highest BCUT2D eigenvalue weighted by atomic mass is 19.3. The fourth-order valence-electron chi connectivity index (χ4n) is 4.35. The average Bonchev–Trinajstić information content (AvgIpc) is 3.34. The zero-order chi connectivity index (χ0) is 20.7. The summed E-state index contributed by atoms with van der Waals surface area (Å²) in [6.07, 6.45) is 4.04. The molecule has 7 nitrogen and oxygen atoms in total. The first-order valence-corrected chi connectivity index (χ1v) is 10.1. The number of hydrogen-bond acceptors (Lipinski definition) is 6. The summed E-state index contributed by atoms with van der Waals surface area (Å²) in [6, 6.07) is 6.76. The SMILES string of the molecule is N/C(=C1\NC=Nc2[nH]ccc21)C1CCC(CNc2ccc3c(c2)OC(F)(F)O3)CC1. The van der Waals surface area contributed by atoms with Crippen LogP contribution in [0.5, 0.6) is 11.5 Å². The van der Waals surface area contributed by atoms with E-state index in [9.17, 15) is 8.78 Å². The second-order valence-corrected chi connectivity index (χ2v) is 7.90. The molecule has 0 amide bonds. The number of halogens is 2. The summed E-state index contributed by atoms with van der Waals surface area (Å²) in [5, 5.41) is 6.53. The van der Waals surface area contributed by atoms with Gasteiger partial charge < -0.3 is 30.8 Å². The predicted octanol–water partition coefficient (Wildman–Crippen LogP) is 4.15. The molecule has 0 unspecified atom stereocenters. The lowest BCUT2D eigenvalue weighted by Gasteiger charge is -2.30. The van der Waals surface area contributed by atoms with Crippen LogP contribution in [0.4, 0.5) is 20.3 Å². The maximum atomic E-state index is 13.2. The molecule has 5 N–H and O–H groups in total. The lowest BCUT2D eigenvalue weighted by Crippen LogP contribution is -2.27. The first kappa shape index (κ1) is 18.8. The van der Waals surface area contributed by atoms with Crippen molar-refractivity contribution in [2.75, 3.05) is 11.9 Å². The van der Waals surface area contributed by atoms with E-state index in [0.29, 0.717) is 11.8 Å². The van der Waals surface area contributed by atoms with E-state index in [1.165, 1.54) is 6.07 Å². The topological polar surface area (TPSA) is 96.7 Å². The van der Waals surface area contributed by atoms with Gasteiger partial charge in [-0.3, -0.25) is 0 Å². The highest BCUT2D eigenvalue weighted by molar-refractivity contribution is 5.87. The van der Waals surface area contributed by atoms with Crippen LogP contribution >= 0.6 is 0 Å². The van der Waals surface area contributed by atoms with Gasteiger partial charge in [0.05, 0.1) is 12.0 Å². The van der Waals surface area contributed by atoms with Crippen LogP contribution in [0.3, 0.4) is 0 Å². The van der Waals surface area contributed by atoms with Crippen molar-refractivity contribution in [1.82, 2.24) is 10.3 Å². The zero-order valence-electron chi connectivity index (χ0n) is 16.3. The lowest BCUT2D eigenvalue weighted by molar-refractivity contribution is -0.286. The zero-order valence-corrected chi connectivity index (χ0v) is 16.3. The van der Waals surface area contributed by atoms with Gasteiger partial charge in [0.25, 0.3) is 0 Å². The highest BCUT2D eigenvalue weighted by Crippen LogP contribution is 2.42. The molecule has 3 heterocycles. The Labute approximate surface area is 172 Å². The summed E-state index contributed by atoms with van der Waals surface area (Å²) >= 11 is 0. The maximum Gasteiger partial charge on any atom is 0.586 e. The lowest BCUT2D eigenvalue weighted by atomic mass is 9.79. The molecule has 1 saturated carbocycles. The summed E-state index contributed by atoms with van der Waals surface area (Å²) in [7, 11) is 0. The number of nitrogens with two attached hydrogens (primary N) is 1. The van der Waals surface area contributed by atoms with Gasteiger partial charge in [0, 0.05) is 41.7 Å². The first-order chi connectivity index (χ1) is 14.5. The van der Waals surface area contributed by atoms with Gasteiger partial charge in [0.15, 0.2) is 11.5 Å². The molecule has 0 spiro atoms. The number of aliphatic imine (C=N–C) groups is 1. The molecule has 1 aliphatic carbocycles. The Morgan fingerprint density at radius 3 is 2.80 bits per heavy atom. The van der Waals surface area contributed by atoms with Gasteiger partial charge in [-0.1, -0.05) is 0 Å². The van der Waals surface area contributed by atoms with Gasteiger partial charge >= 0.3 is 6.29 Å². The molecule has 5 rings (SSSR count). The van der Waals surface area contributed by atoms with E-state index in [0.717, 1.165) is 60.7 Å². The van der Waals surface area contributed by atoms with Crippen LogP contribution in [0.2, 0.25) is 0 Å². The van der Waals surface area contributed by atoms with Crippen molar-refractivity contribution in [3.63, 3.8) is 0 Å². The van der Waals surface area contributed by atoms with Crippen LogP contribution < -0.4 is 25.8 Å². The molecule has 2 aromatic rings. The second-order valence-electron chi connectivity index (χ2n) is 7.90. The molecule has 0 bridgehead atoms. The van der Waals surface area contributed by atoms with E-state index in [4.69, 9.17) is 5.73 Å². The standard InChI is InChI=1S/C21H23F2N5O2/c22-21(23)29-16-6-5-14(9-17(16)30-21)26-10-12-1-3-13(4-2-12)18(24)19-15-7-8-25-20(15)28-11-27-19/h5-9,11-13,25-26H,1-4,10,24H2,(H,27,28)/b19-18-. The molecule has 158 valence electrons. The number of fused-ring (bicyclic) bond motifs is 2. The van der Waals surface area contributed by atoms with E-state index in [1.54, 1.807) is 18.5 Å². The van der Waals surface area contributed by atoms with Crippen LogP contribution in [0.1, 0.15) is 31.2 Å². The minimum absolute atomic E-state index is 0.0563. The van der Waals surface area contributed by atoms with Gasteiger partial charge in [-0.15, -0.1) is 8.78 Å². The number of nitrogens with zero attached hydrogens (tertiary/aromatic N) is 1. The largest absolute Gasteiger partial charge is 0.586 e. The van der Waals surface area contributed by atoms with E-state index in [2.05, 4.69) is 30.1 Å². The number of benzene rings is 1. The first-order valence-electron chi connectivity index (χ1n) is 10.1. The molecule has 0 saturated heterocycles. The van der Waals surface area contributed by atoms with Crippen molar-refractivity contribution in [1.29, 1.82) is 0 Å². The molecule has 1 aromatic heterocycles. The highest BCUT2D eigenvalue weighted by Gasteiger charge is 2.43. The molecule has 30 heavy (non-hydrogen) atoms. The van der Waals surface area contributed by atoms with Crippen LogP contribution in [0, 0.1) is 11.8 Å². The van der Waals surface area contributed by atoms with Gasteiger partial charge in [-0.2, -0.15) is 0 Å². The molecular weight excluding hydrogens is 392 g/mol. The number of hydrogen-bond donors (Lipinski definition) is 4. The number of allylic oxidation sites excluding steroid dienone is 1. The van der Waals surface area contributed by atoms with E-state index < -0.39 is 6.29 Å². The number of alkyl halides is 2. The quantitative estimate of drug-likeness (QED) is 0.602. The number of aromatic amines is 1. The van der Waals surface area contributed by atoms with Crippen LogP contribution in [-0.2, 0) is 0 Å². The molecule has 1 fully saturated rings. The number of H-pyrrole nitrogens is 1. The van der Waals surface area contributed by atoms with Crippen LogP contribution in [0.25, 0.3) is 5.70 Å². The van der Waals surface area contributed by atoms with Crippen molar-refractivity contribution in [3.05, 3.63) is 41.7 Å². The molecule has 3 aliphatic rings. The Morgan fingerprint density at radius 2 is 1.97 bits per heavy atom. The minimum atomic E-state index is -3.59. The predicted molar refractivity (Wildman–Crippen MR) is 110 cm³/mol. The number of nitrogens with one attached hydrogen (secondary N) is 3. The molecule has 1 aromatic carbocycles. The third-order valence-electron chi connectivity index (χ3n) is 5.97. The summed E-state index contributed by atoms with van der Waals surface area (Å²) in [6.45, 7) is 0.770. The Kier molecular flexibility index (Phi) is 4.52. The number of ether oxygens (including phenoxy) is 2. The Hall–Kier alpha value is -3.23. The van der Waals surface area contributed by atoms with E-state index >= 15 is 0 Å². The van der Waals surface area contributed by atoms with E-state index in [1.807, 2.05) is 12.3 Å². The average molecular weight is 415 g/mol. The minimum Gasteiger partial charge on any atom is -0.400 e. The van der Waals surface area contributed by atoms with Crippen molar-refractivity contribution >= 4 is 23.5 Å². The van der Waals surface area contributed by atoms with Gasteiger partial charge in [0.2, 0.25) is 0 Å². The number of rotatable bonds is 4. The monoisotopic (exact) mass is 415 g/mol. The van der Waals surface area contributed by atoms with Gasteiger partial charge in [-0.25, -0.2) is 4.99 Å². The van der Waals surface area contributed by atoms with Crippen LogP contribution in [-0.4, -0.2) is 24.2 Å². The third kappa shape index (κ3) is 3.55. The van der Waals surface area contributed by atoms with Gasteiger partial charge in [0.1, 0.15) is 5.82 Å². The maximum absolute atomic E-state index is 13.2. The number of aromatic nitrogens is 1. The van der Waals surface area contributed by atoms with Crippen molar-refractivity contribution < 1.29 is 18.3 Å². The molecule has 0 atom stereocenters. The van der Waals surface area contributed by atoms with Crippen LogP contribution in [0.15, 0.2) is 41.2 Å².